The van der Waals surface area contributed by atoms with Gasteiger partial charge in [0.05, 0.1) is 0 Å². The first-order valence-corrected chi connectivity index (χ1v) is 3.15. The summed E-state index contributed by atoms with van der Waals surface area (Å²) in [5.74, 6) is 0.314. The van der Waals surface area contributed by atoms with Crippen molar-refractivity contribution in [2.45, 2.75) is 13.8 Å². The highest BCUT2D eigenvalue weighted by atomic mass is 14.4. The minimum absolute atomic E-state index is 0.314. The lowest BCUT2D eigenvalue weighted by Crippen LogP contribution is -2.07. The maximum atomic E-state index is 7.40. The second kappa shape index (κ2) is 2.18. The zero-order valence-electron chi connectivity index (χ0n) is 5.81. The SMILES string of the molecule is CC1=CC(=N)C(C)C=C1. The lowest BCUT2D eigenvalue weighted by molar-refractivity contribution is 0.979. The Labute approximate surface area is 55.6 Å². The Hall–Kier alpha value is -0.850. The van der Waals surface area contributed by atoms with Crippen LogP contribution in [0.25, 0.3) is 0 Å². The van der Waals surface area contributed by atoms with E-state index in [2.05, 4.69) is 12.2 Å². The van der Waals surface area contributed by atoms with E-state index in [4.69, 9.17) is 5.41 Å². The van der Waals surface area contributed by atoms with Crippen LogP contribution in [-0.2, 0) is 0 Å². The first-order valence-electron chi connectivity index (χ1n) is 3.15. The molecular weight excluding hydrogens is 110 g/mol. The van der Waals surface area contributed by atoms with Crippen molar-refractivity contribution in [1.29, 1.82) is 5.41 Å². The highest BCUT2D eigenvalue weighted by Crippen LogP contribution is 2.11. The van der Waals surface area contributed by atoms with Gasteiger partial charge in [-0.3, -0.25) is 0 Å². The van der Waals surface area contributed by atoms with E-state index in [9.17, 15) is 0 Å². The normalized spacial score (nSPS) is 26.2. The lowest BCUT2D eigenvalue weighted by atomic mass is 9.97. The molecule has 1 atom stereocenters. The van der Waals surface area contributed by atoms with E-state index in [1.54, 1.807) is 0 Å². The number of hydrogen-bond donors (Lipinski definition) is 1. The predicted octanol–water partition coefficient (Wildman–Crippen LogP) is 2.16. The summed E-state index contributed by atoms with van der Waals surface area (Å²) >= 11 is 0. The molecule has 0 aromatic rings. The van der Waals surface area contributed by atoms with Crippen LogP contribution in [-0.4, -0.2) is 5.71 Å². The Balaban J connectivity index is 2.82. The van der Waals surface area contributed by atoms with Crippen molar-refractivity contribution in [1.82, 2.24) is 0 Å². The molecule has 0 saturated heterocycles. The summed E-state index contributed by atoms with van der Waals surface area (Å²) in [7, 11) is 0. The Bertz CT molecular complexity index is 187. The molecule has 0 saturated carbocycles. The number of hydrogen-bond acceptors (Lipinski definition) is 1. The fraction of sp³-hybridized carbons (Fsp3) is 0.375. The summed E-state index contributed by atoms with van der Waals surface area (Å²) in [6.07, 6.45) is 6.02. The predicted molar refractivity (Wildman–Crippen MR) is 39.8 cm³/mol. The molecule has 1 unspecified atom stereocenters. The van der Waals surface area contributed by atoms with E-state index >= 15 is 0 Å². The molecule has 1 heteroatoms. The van der Waals surface area contributed by atoms with Crippen molar-refractivity contribution in [3.8, 4) is 0 Å². The van der Waals surface area contributed by atoms with Crippen LogP contribution >= 0.6 is 0 Å². The van der Waals surface area contributed by atoms with Crippen LogP contribution in [0, 0.1) is 11.3 Å². The fourth-order valence-electron chi connectivity index (χ4n) is 0.825. The van der Waals surface area contributed by atoms with Gasteiger partial charge in [0, 0.05) is 11.6 Å². The van der Waals surface area contributed by atoms with Crippen LogP contribution in [0.2, 0.25) is 0 Å². The third-order valence-corrected chi connectivity index (χ3v) is 1.52. The van der Waals surface area contributed by atoms with E-state index in [-0.39, 0.29) is 0 Å². The van der Waals surface area contributed by atoms with E-state index < -0.39 is 0 Å². The Morgan fingerprint density at radius 3 is 2.67 bits per heavy atom. The molecule has 0 fully saturated rings. The number of rotatable bonds is 0. The summed E-state index contributed by atoms with van der Waals surface area (Å²) in [4.78, 5) is 0. The summed E-state index contributed by atoms with van der Waals surface area (Å²) in [6, 6.07) is 0. The summed E-state index contributed by atoms with van der Waals surface area (Å²) in [6.45, 7) is 4.04. The Morgan fingerprint density at radius 2 is 2.22 bits per heavy atom. The van der Waals surface area contributed by atoms with E-state index in [1.165, 1.54) is 5.57 Å². The van der Waals surface area contributed by atoms with Crippen LogP contribution < -0.4 is 0 Å². The van der Waals surface area contributed by atoms with Crippen molar-refractivity contribution in [2.24, 2.45) is 5.92 Å². The molecule has 1 rings (SSSR count). The third kappa shape index (κ3) is 1.28. The second-order valence-corrected chi connectivity index (χ2v) is 2.49. The Kier molecular flexibility index (Phi) is 1.52. The van der Waals surface area contributed by atoms with E-state index in [1.807, 2.05) is 19.9 Å². The van der Waals surface area contributed by atoms with Gasteiger partial charge in [0.15, 0.2) is 0 Å². The zero-order chi connectivity index (χ0) is 6.85. The highest BCUT2D eigenvalue weighted by molar-refractivity contribution is 5.97. The molecule has 48 valence electrons. The first-order chi connectivity index (χ1) is 4.20. The molecule has 0 aliphatic heterocycles. The molecule has 0 amide bonds. The second-order valence-electron chi connectivity index (χ2n) is 2.49. The molecule has 9 heavy (non-hydrogen) atoms. The average Bonchev–Trinajstić information content (AvgIpc) is 1.80. The van der Waals surface area contributed by atoms with Gasteiger partial charge >= 0.3 is 0 Å². The Morgan fingerprint density at radius 1 is 1.56 bits per heavy atom. The molecule has 0 aromatic carbocycles. The molecule has 1 aliphatic rings. The monoisotopic (exact) mass is 121 g/mol. The topological polar surface area (TPSA) is 23.9 Å². The quantitative estimate of drug-likeness (QED) is 0.507. The van der Waals surface area contributed by atoms with E-state index in [0.29, 0.717) is 5.92 Å². The molecule has 0 bridgehead atoms. The molecule has 0 aromatic heterocycles. The van der Waals surface area contributed by atoms with Crippen molar-refractivity contribution in [3.05, 3.63) is 23.8 Å². The van der Waals surface area contributed by atoms with E-state index in [0.717, 1.165) is 5.71 Å². The maximum Gasteiger partial charge on any atom is 0.0382 e. The van der Waals surface area contributed by atoms with Crippen molar-refractivity contribution in [3.63, 3.8) is 0 Å². The molecular formula is C8H11N. The highest BCUT2D eigenvalue weighted by Gasteiger charge is 2.05. The van der Waals surface area contributed by atoms with Crippen LogP contribution in [0.1, 0.15) is 13.8 Å². The molecule has 1 aliphatic carbocycles. The van der Waals surface area contributed by atoms with Gasteiger partial charge in [0.25, 0.3) is 0 Å². The van der Waals surface area contributed by atoms with Crippen LogP contribution in [0.5, 0.6) is 0 Å². The van der Waals surface area contributed by atoms with Gasteiger partial charge in [-0.2, -0.15) is 0 Å². The average molecular weight is 121 g/mol. The summed E-state index contributed by atoms with van der Waals surface area (Å²) < 4.78 is 0. The summed E-state index contributed by atoms with van der Waals surface area (Å²) in [5.41, 5.74) is 1.90. The zero-order valence-corrected chi connectivity index (χ0v) is 5.81. The first kappa shape index (κ1) is 6.27. The van der Waals surface area contributed by atoms with Gasteiger partial charge in [-0.25, -0.2) is 0 Å². The molecule has 0 radical (unpaired) electrons. The summed E-state index contributed by atoms with van der Waals surface area (Å²) in [5, 5.41) is 7.40. The van der Waals surface area contributed by atoms with Gasteiger partial charge in [0.1, 0.15) is 0 Å². The lowest BCUT2D eigenvalue weighted by Gasteiger charge is -2.09. The largest absolute Gasteiger partial charge is 0.305 e. The van der Waals surface area contributed by atoms with Gasteiger partial charge in [-0.05, 0) is 18.6 Å². The van der Waals surface area contributed by atoms with Crippen molar-refractivity contribution < 1.29 is 0 Å². The van der Waals surface area contributed by atoms with Crippen molar-refractivity contribution in [2.75, 3.05) is 0 Å². The maximum absolute atomic E-state index is 7.40. The minimum atomic E-state index is 0.314. The fourth-order valence-corrected chi connectivity index (χ4v) is 0.825. The van der Waals surface area contributed by atoms with Crippen LogP contribution in [0.15, 0.2) is 23.8 Å². The van der Waals surface area contributed by atoms with Crippen molar-refractivity contribution >= 4 is 5.71 Å². The number of nitrogens with one attached hydrogen (secondary N) is 1. The van der Waals surface area contributed by atoms with Gasteiger partial charge in [-0.15, -0.1) is 0 Å². The minimum Gasteiger partial charge on any atom is -0.305 e. The van der Waals surface area contributed by atoms with Crippen LogP contribution in [0.4, 0.5) is 0 Å². The smallest absolute Gasteiger partial charge is 0.0382 e. The van der Waals surface area contributed by atoms with Crippen LogP contribution in [0.3, 0.4) is 0 Å². The number of allylic oxidation sites excluding steroid dienone is 4. The van der Waals surface area contributed by atoms with Gasteiger partial charge in [-0.1, -0.05) is 19.1 Å². The molecule has 0 heterocycles. The molecule has 1 nitrogen and oxygen atoms in total. The third-order valence-electron chi connectivity index (χ3n) is 1.52. The van der Waals surface area contributed by atoms with Gasteiger partial charge in [0.2, 0.25) is 0 Å². The molecule has 0 spiro atoms. The van der Waals surface area contributed by atoms with Gasteiger partial charge < -0.3 is 5.41 Å². The standard InChI is InChI=1S/C8H11N/c1-6-3-4-7(2)8(9)5-6/h3-5,7,9H,1-2H3. The molecule has 1 N–H and O–H groups in total.